The van der Waals surface area contributed by atoms with E-state index in [-0.39, 0.29) is 17.9 Å². The van der Waals surface area contributed by atoms with Crippen molar-refractivity contribution < 1.29 is 9.59 Å². The van der Waals surface area contributed by atoms with Crippen molar-refractivity contribution in [2.24, 2.45) is 0 Å². The van der Waals surface area contributed by atoms with Crippen molar-refractivity contribution in [3.8, 4) is 0 Å². The average molecular weight is 550 g/mol. The first-order valence-electron chi connectivity index (χ1n) is 14.8. The first-order chi connectivity index (χ1) is 20.0. The van der Waals surface area contributed by atoms with Crippen LogP contribution in [0, 0.1) is 0 Å². The summed E-state index contributed by atoms with van der Waals surface area (Å²) in [4.78, 5) is 32.6. The molecule has 41 heavy (non-hydrogen) atoms. The van der Waals surface area contributed by atoms with E-state index in [9.17, 15) is 9.59 Å². The number of rotatable bonds is 9. The van der Waals surface area contributed by atoms with Crippen LogP contribution in [-0.2, 0) is 11.3 Å². The summed E-state index contributed by atoms with van der Waals surface area (Å²) >= 11 is 0. The van der Waals surface area contributed by atoms with E-state index in [4.69, 9.17) is 0 Å². The number of aromatic amines is 1. The monoisotopic (exact) mass is 549 g/mol. The van der Waals surface area contributed by atoms with Crippen LogP contribution in [0.1, 0.15) is 61.1 Å². The van der Waals surface area contributed by atoms with Gasteiger partial charge in [-0.15, -0.1) is 0 Å². The van der Waals surface area contributed by atoms with Crippen LogP contribution in [0.25, 0.3) is 10.9 Å². The lowest BCUT2D eigenvalue weighted by atomic mass is 9.89. The quantitative estimate of drug-likeness (QED) is 0.203. The van der Waals surface area contributed by atoms with Gasteiger partial charge in [0.25, 0.3) is 0 Å². The maximum absolute atomic E-state index is 13.9. The Morgan fingerprint density at radius 1 is 0.927 bits per heavy atom. The van der Waals surface area contributed by atoms with Gasteiger partial charge in [0, 0.05) is 54.4 Å². The summed E-state index contributed by atoms with van der Waals surface area (Å²) in [5.74, 6) is -0.0227. The van der Waals surface area contributed by atoms with Crippen molar-refractivity contribution in [2.75, 3.05) is 18.4 Å². The van der Waals surface area contributed by atoms with Crippen LogP contribution in [0.15, 0.2) is 85.1 Å². The molecule has 2 fully saturated rings. The molecule has 2 heterocycles. The highest BCUT2D eigenvalue weighted by molar-refractivity contribution is 5.98. The molecule has 1 aliphatic carbocycles. The van der Waals surface area contributed by atoms with Gasteiger partial charge in [-0.2, -0.15) is 0 Å². The second-order valence-corrected chi connectivity index (χ2v) is 11.5. The van der Waals surface area contributed by atoms with Crippen LogP contribution in [0.4, 0.5) is 10.5 Å². The number of para-hydroxylation sites is 1. The number of benzene rings is 3. The Hall–Kier alpha value is -4.10. The summed E-state index contributed by atoms with van der Waals surface area (Å²) in [6.07, 6.45) is 6.24. The van der Waals surface area contributed by atoms with Gasteiger partial charge in [0.2, 0.25) is 5.91 Å². The average Bonchev–Trinajstić information content (AvgIpc) is 3.75. The second-order valence-electron chi connectivity index (χ2n) is 11.5. The van der Waals surface area contributed by atoms with Gasteiger partial charge < -0.3 is 25.8 Å². The zero-order valence-corrected chi connectivity index (χ0v) is 23.6. The summed E-state index contributed by atoms with van der Waals surface area (Å²) in [5, 5.41) is 10.8. The Morgan fingerprint density at radius 3 is 2.46 bits per heavy atom. The minimum absolute atomic E-state index is 0.189. The van der Waals surface area contributed by atoms with Crippen molar-refractivity contribution in [3.05, 3.63) is 102 Å². The molecular weight excluding hydrogens is 510 g/mol. The van der Waals surface area contributed by atoms with Crippen molar-refractivity contribution in [3.63, 3.8) is 0 Å². The second kappa shape index (κ2) is 12.2. The number of carbonyl (C=O) groups is 2. The SMILES string of the molecule is CC(c1c[nH]c2ccccc12)C(NC(=O)N1CCC(c2ccccc2)CC1)C(=O)Nc1cccc(CNC2CC2)c1. The van der Waals surface area contributed by atoms with Crippen LogP contribution in [0.2, 0.25) is 0 Å². The molecule has 2 aliphatic rings. The molecule has 7 heteroatoms. The summed E-state index contributed by atoms with van der Waals surface area (Å²) in [7, 11) is 0. The predicted octanol–water partition coefficient (Wildman–Crippen LogP) is 6.12. The molecule has 7 nitrogen and oxygen atoms in total. The number of hydrogen-bond donors (Lipinski definition) is 4. The molecule has 2 unspecified atom stereocenters. The zero-order chi connectivity index (χ0) is 28.2. The standard InChI is InChI=1S/C34H39N5O2/c1-23(30-22-36-31-13-6-5-12-29(30)31)32(33(40)37-28-11-7-8-24(20-28)21-35-27-14-15-27)38-34(41)39-18-16-26(17-19-39)25-9-3-2-4-10-25/h2-13,20,22-23,26-27,32,35-36H,14-19,21H2,1H3,(H,37,40)(H,38,41). The number of amides is 3. The fourth-order valence-corrected chi connectivity index (χ4v) is 5.96. The van der Waals surface area contributed by atoms with E-state index in [1.54, 1.807) is 0 Å². The maximum Gasteiger partial charge on any atom is 0.318 e. The molecule has 3 aromatic carbocycles. The van der Waals surface area contributed by atoms with Gasteiger partial charge in [-0.3, -0.25) is 4.79 Å². The van der Waals surface area contributed by atoms with Crippen molar-refractivity contribution >= 4 is 28.5 Å². The number of likely N-dealkylation sites (tertiary alicyclic amines) is 1. The number of piperidine rings is 1. The highest BCUT2D eigenvalue weighted by Gasteiger charge is 2.32. The summed E-state index contributed by atoms with van der Waals surface area (Å²) in [5.41, 5.74) is 5.21. The summed E-state index contributed by atoms with van der Waals surface area (Å²) in [6, 6.07) is 26.2. The molecule has 0 spiro atoms. The lowest BCUT2D eigenvalue weighted by Gasteiger charge is -2.34. The van der Waals surface area contributed by atoms with E-state index in [0.29, 0.717) is 25.0 Å². The molecule has 1 aliphatic heterocycles. The first-order valence-corrected chi connectivity index (χ1v) is 14.8. The third kappa shape index (κ3) is 6.46. The Labute approximate surface area is 241 Å². The number of nitrogens with zero attached hydrogens (tertiary/aromatic N) is 1. The smallest absolute Gasteiger partial charge is 0.318 e. The number of anilines is 1. The fourth-order valence-electron chi connectivity index (χ4n) is 5.96. The number of urea groups is 1. The summed E-state index contributed by atoms with van der Waals surface area (Å²) in [6.45, 7) is 4.12. The Kier molecular flexibility index (Phi) is 8.05. The van der Waals surface area contributed by atoms with Gasteiger partial charge in [-0.1, -0.05) is 67.6 Å². The van der Waals surface area contributed by atoms with E-state index in [1.165, 1.54) is 18.4 Å². The van der Waals surface area contributed by atoms with Gasteiger partial charge in [0.15, 0.2) is 0 Å². The van der Waals surface area contributed by atoms with Gasteiger partial charge in [0.05, 0.1) is 0 Å². The van der Waals surface area contributed by atoms with Gasteiger partial charge in [-0.05, 0) is 66.5 Å². The maximum atomic E-state index is 13.9. The molecule has 2 atom stereocenters. The Balaban J connectivity index is 1.18. The molecule has 6 rings (SSSR count). The Bertz CT molecular complexity index is 1490. The van der Waals surface area contributed by atoms with Crippen LogP contribution in [-0.4, -0.2) is 47.0 Å². The molecule has 1 saturated carbocycles. The van der Waals surface area contributed by atoms with Gasteiger partial charge in [-0.25, -0.2) is 4.79 Å². The minimum Gasteiger partial charge on any atom is -0.361 e. The van der Waals surface area contributed by atoms with E-state index >= 15 is 0 Å². The third-order valence-electron chi connectivity index (χ3n) is 8.59. The largest absolute Gasteiger partial charge is 0.361 e. The van der Waals surface area contributed by atoms with E-state index in [0.717, 1.165) is 47.1 Å². The molecule has 0 bridgehead atoms. The molecule has 4 aromatic rings. The lowest BCUT2D eigenvalue weighted by Crippen LogP contribution is -2.53. The molecule has 212 valence electrons. The lowest BCUT2D eigenvalue weighted by molar-refractivity contribution is -0.118. The molecule has 0 radical (unpaired) electrons. The van der Waals surface area contributed by atoms with Crippen molar-refractivity contribution in [1.29, 1.82) is 0 Å². The summed E-state index contributed by atoms with van der Waals surface area (Å²) < 4.78 is 0. The van der Waals surface area contributed by atoms with E-state index in [2.05, 4.69) is 57.3 Å². The van der Waals surface area contributed by atoms with E-state index < -0.39 is 6.04 Å². The number of carbonyl (C=O) groups excluding carboxylic acids is 2. The number of nitrogens with one attached hydrogen (secondary N) is 4. The molecule has 1 saturated heterocycles. The third-order valence-corrected chi connectivity index (χ3v) is 8.59. The first kappa shape index (κ1) is 27.1. The highest BCUT2D eigenvalue weighted by atomic mass is 16.2. The number of hydrogen-bond acceptors (Lipinski definition) is 3. The van der Waals surface area contributed by atoms with Gasteiger partial charge in [0.1, 0.15) is 6.04 Å². The number of H-pyrrole nitrogens is 1. The van der Waals surface area contributed by atoms with Crippen molar-refractivity contribution in [2.45, 2.75) is 63.1 Å². The number of aromatic nitrogens is 1. The topological polar surface area (TPSA) is 89.3 Å². The minimum atomic E-state index is -0.748. The highest BCUT2D eigenvalue weighted by Crippen LogP contribution is 2.30. The molecule has 4 N–H and O–H groups in total. The van der Waals surface area contributed by atoms with Crippen LogP contribution in [0.5, 0.6) is 0 Å². The Morgan fingerprint density at radius 2 is 1.68 bits per heavy atom. The van der Waals surface area contributed by atoms with Crippen LogP contribution >= 0.6 is 0 Å². The van der Waals surface area contributed by atoms with Crippen molar-refractivity contribution in [1.82, 2.24) is 20.5 Å². The fraction of sp³-hybridized carbons (Fsp3) is 0.353. The van der Waals surface area contributed by atoms with E-state index in [1.807, 2.05) is 60.5 Å². The molecule has 1 aromatic heterocycles. The predicted molar refractivity (Wildman–Crippen MR) is 164 cm³/mol. The van der Waals surface area contributed by atoms with Gasteiger partial charge >= 0.3 is 6.03 Å². The van der Waals surface area contributed by atoms with Crippen LogP contribution < -0.4 is 16.0 Å². The molecule has 3 amide bonds. The zero-order valence-electron chi connectivity index (χ0n) is 23.6. The normalized spacial score (nSPS) is 17.2. The van der Waals surface area contributed by atoms with Crippen LogP contribution in [0.3, 0.4) is 0 Å². The number of fused-ring (bicyclic) bond motifs is 1. The molecular formula is C34H39N5O2.